The SMILES string of the molecule is Cc1cccc(C(F)(F)F)c1N1C=C(CC(C)C)[N]C1=O. The molecule has 3 nitrogen and oxygen atoms in total. The van der Waals surface area contributed by atoms with Crippen LogP contribution in [0, 0.1) is 12.8 Å². The van der Waals surface area contributed by atoms with Crippen molar-refractivity contribution in [1.82, 2.24) is 5.32 Å². The van der Waals surface area contributed by atoms with Crippen LogP contribution in [0.15, 0.2) is 30.1 Å². The van der Waals surface area contributed by atoms with Gasteiger partial charge in [0.05, 0.1) is 16.9 Å². The number of nitrogens with zero attached hydrogens (tertiary/aromatic N) is 2. The minimum atomic E-state index is -4.52. The Balaban J connectivity index is 2.47. The molecule has 0 aromatic heterocycles. The molecule has 1 aliphatic heterocycles. The highest BCUT2D eigenvalue weighted by Gasteiger charge is 2.38. The van der Waals surface area contributed by atoms with Gasteiger partial charge in [-0.3, -0.25) is 4.90 Å². The molecule has 1 aliphatic rings. The minimum absolute atomic E-state index is 0.141. The Morgan fingerprint density at radius 1 is 1.29 bits per heavy atom. The summed E-state index contributed by atoms with van der Waals surface area (Å²) in [5.41, 5.74) is -0.0765. The molecule has 2 rings (SSSR count). The number of halogens is 3. The number of carbonyl (C=O) groups excluding carboxylic acids is 1. The summed E-state index contributed by atoms with van der Waals surface area (Å²) in [6.45, 7) is 5.46. The quantitative estimate of drug-likeness (QED) is 0.811. The lowest BCUT2D eigenvalue weighted by Crippen LogP contribution is -2.27. The highest BCUT2D eigenvalue weighted by molar-refractivity contribution is 5.99. The molecule has 0 atom stereocenters. The number of hydrogen-bond acceptors (Lipinski definition) is 1. The summed E-state index contributed by atoms with van der Waals surface area (Å²) in [5.74, 6) is 0.270. The van der Waals surface area contributed by atoms with Crippen molar-refractivity contribution in [1.29, 1.82) is 0 Å². The Morgan fingerprint density at radius 3 is 2.52 bits per heavy atom. The van der Waals surface area contributed by atoms with Crippen molar-refractivity contribution >= 4 is 11.7 Å². The van der Waals surface area contributed by atoms with Gasteiger partial charge in [-0.2, -0.15) is 18.5 Å². The fourth-order valence-electron chi connectivity index (χ4n) is 2.29. The lowest BCUT2D eigenvalue weighted by Gasteiger charge is -2.20. The molecule has 6 heteroatoms. The Morgan fingerprint density at radius 2 is 1.95 bits per heavy atom. The first kappa shape index (κ1) is 15.4. The summed E-state index contributed by atoms with van der Waals surface area (Å²) < 4.78 is 39.4. The van der Waals surface area contributed by atoms with Gasteiger partial charge in [0.15, 0.2) is 0 Å². The zero-order valence-electron chi connectivity index (χ0n) is 12.0. The van der Waals surface area contributed by atoms with Gasteiger partial charge in [0.25, 0.3) is 0 Å². The Hall–Kier alpha value is -1.98. The fraction of sp³-hybridized carbons (Fsp3) is 0.400. The Kier molecular flexibility index (Phi) is 3.98. The van der Waals surface area contributed by atoms with E-state index in [4.69, 9.17) is 0 Å². The van der Waals surface area contributed by atoms with Gasteiger partial charge in [0.1, 0.15) is 0 Å². The van der Waals surface area contributed by atoms with Crippen LogP contribution in [-0.2, 0) is 6.18 Å². The molecule has 0 N–H and O–H groups in total. The predicted octanol–water partition coefficient (Wildman–Crippen LogP) is 4.45. The predicted molar refractivity (Wildman–Crippen MR) is 73.7 cm³/mol. The molecule has 0 spiro atoms. The van der Waals surface area contributed by atoms with Crippen LogP contribution >= 0.6 is 0 Å². The number of hydrogen-bond donors (Lipinski definition) is 0. The van der Waals surface area contributed by atoms with Gasteiger partial charge in [0, 0.05) is 6.20 Å². The monoisotopic (exact) mass is 297 g/mol. The van der Waals surface area contributed by atoms with Crippen molar-refractivity contribution in [3.8, 4) is 0 Å². The molecule has 0 bridgehead atoms. The van der Waals surface area contributed by atoms with Crippen molar-refractivity contribution in [2.75, 3.05) is 4.90 Å². The van der Waals surface area contributed by atoms with E-state index in [9.17, 15) is 18.0 Å². The second-order valence-corrected chi connectivity index (χ2v) is 5.45. The van der Waals surface area contributed by atoms with Crippen LogP contribution in [0.25, 0.3) is 0 Å². The molecule has 0 aliphatic carbocycles. The topological polar surface area (TPSA) is 34.4 Å². The third-order valence-electron chi connectivity index (χ3n) is 3.12. The van der Waals surface area contributed by atoms with E-state index in [0.29, 0.717) is 17.7 Å². The lowest BCUT2D eigenvalue weighted by molar-refractivity contribution is -0.137. The van der Waals surface area contributed by atoms with Crippen LogP contribution in [-0.4, -0.2) is 6.03 Å². The number of alkyl halides is 3. The van der Waals surface area contributed by atoms with E-state index in [2.05, 4.69) is 5.32 Å². The molecule has 21 heavy (non-hydrogen) atoms. The van der Waals surface area contributed by atoms with Gasteiger partial charge < -0.3 is 0 Å². The van der Waals surface area contributed by atoms with Crippen molar-refractivity contribution < 1.29 is 18.0 Å². The number of para-hydroxylation sites is 1. The van der Waals surface area contributed by atoms with Crippen LogP contribution in [0.3, 0.4) is 0 Å². The van der Waals surface area contributed by atoms with E-state index in [1.165, 1.54) is 12.3 Å². The lowest BCUT2D eigenvalue weighted by atomic mass is 10.1. The number of anilines is 1. The largest absolute Gasteiger partial charge is 0.418 e. The molecule has 0 saturated carbocycles. The molecule has 1 heterocycles. The molecule has 1 aromatic rings. The minimum Gasteiger partial charge on any atom is -0.265 e. The summed E-state index contributed by atoms with van der Waals surface area (Å²) in [6.07, 6.45) is -2.56. The fourth-order valence-corrected chi connectivity index (χ4v) is 2.29. The zero-order chi connectivity index (χ0) is 15.8. The van der Waals surface area contributed by atoms with Gasteiger partial charge >= 0.3 is 12.2 Å². The first-order valence-electron chi connectivity index (χ1n) is 6.62. The standard InChI is InChI=1S/C15H16F3N2O/c1-9(2)7-11-8-20(14(21)19-11)13-10(3)5-4-6-12(13)15(16,17)18/h4-6,8-9H,7H2,1-3H3. The first-order chi connectivity index (χ1) is 9.70. The number of aryl methyl sites for hydroxylation is 1. The van der Waals surface area contributed by atoms with Gasteiger partial charge in [-0.15, -0.1) is 0 Å². The van der Waals surface area contributed by atoms with E-state index in [1.807, 2.05) is 13.8 Å². The number of carbonyl (C=O) groups is 1. The average molecular weight is 297 g/mol. The van der Waals surface area contributed by atoms with Crippen molar-refractivity contribution in [3.63, 3.8) is 0 Å². The molecule has 0 saturated heterocycles. The van der Waals surface area contributed by atoms with E-state index < -0.39 is 17.8 Å². The smallest absolute Gasteiger partial charge is 0.265 e. The Labute approximate surface area is 121 Å². The maximum Gasteiger partial charge on any atom is 0.418 e. The molecule has 0 fully saturated rings. The number of benzene rings is 1. The van der Waals surface area contributed by atoms with Crippen LogP contribution < -0.4 is 10.2 Å². The van der Waals surface area contributed by atoms with Crippen molar-refractivity contribution in [2.24, 2.45) is 5.92 Å². The molecule has 1 aromatic carbocycles. The van der Waals surface area contributed by atoms with E-state index in [0.717, 1.165) is 11.0 Å². The van der Waals surface area contributed by atoms with E-state index in [-0.39, 0.29) is 11.6 Å². The third-order valence-corrected chi connectivity index (χ3v) is 3.12. The summed E-state index contributed by atoms with van der Waals surface area (Å²) in [6, 6.07) is 3.18. The van der Waals surface area contributed by atoms with Crippen LogP contribution in [0.5, 0.6) is 0 Å². The molecule has 0 unspecified atom stereocenters. The molecular weight excluding hydrogens is 281 g/mol. The second-order valence-electron chi connectivity index (χ2n) is 5.45. The van der Waals surface area contributed by atoms with Gasteiger partial charge in [-0.25, -0.2) is 4.79 Å². The summed E-state index contributed by atoms with van der Waals surface area (Å²) >= 11 is 0. The summed E-state index contributed by atoms with van der Waals surface area (Å²) in [4.78, 5) is 12.9. The van der Waals surface area contributed by atoms with Crippen molar-refractivity contribution in [3.05, 3.63) is 41.2 Å². The van der Waals surface area contributed by atoms with Gasteiger partial charge in [0.2, 0.25) is 0 Å². The first-order valence-corrected chi connectivity index (χ1v) is 6.62. The highest BCUT2D eigenvalue weighted by Crippen LogP contribution is 2.39. The molecule has 2 amide bonds. The molecule has 1 radical (unpaired) electrons. The van der Waals surface area contributed by atoms with Crippen LogP contribution in [0.4, 0.5) is 23.7 Å². The second kappa shape index (κ2) is 5.42. The summed E-state index contributed by atoms with van der Waals surface area (Å²) in [5, 5.41) is 3.83. The van der Waals surface area contributed by atoms with E-state index >= 15 is 0 Å². The molecule has 113 valence electrons. The van der Waals surface area contributed by atoms with Crippen molar-refractivity contribution in [2.45, 2.75) is 33.4 Å². The highest BCUT2D eigenvalue weighted by atomic mass is 19.4. The third kappa shape index (κ3) is 3.20. The number of urea groups is 1. The summed E-state index contributed by atoms with van der Waals surface area (Å²) in [7, 11) is 0. The zero-order valence-corrected chi connectivity index (χ0v) is 12.0. The number of allylic oxidation sites excluding steroid dienone is 1. The van der Waals surface area contributed by atoms with E-state index in [1.54, 1.807) is 13.0 Å². The maximum atomic E-state index is 13.1. The van der Waals surface area contributed by atoms with Gasteiger partial charge in [-0.05, 0) is 30.9 Å². The van der Waals surface area contributed by atoms with Crippen LogP contribution in [0.1, 0.15) is 31.4 Å². The average Bonchev–Trinajstić information content (AvgIpc) is 2.67. The number of rotatable bonds is 3. The van der Waals surface area contributed by atoms with Gasteiger partial charge in [-0.1, -0.05) is 26.0 Å². The maximum absolute atomic E-state index is 13.1. The van der Waals surface area contributed by atoms with Crippen LogP contribution in [0.2, 0.25) is 0 Å². The normalized spacial score (nSPS) is 15.5. The Bertz CT molecular complexity index is 591. The number of amides is 2. The molecular formula is C15H16F3N2O.